The van der Waals surface area contributed by atoms with Crippen LogP contribution in [0, 0.1) is 11.3 Å². The van der Waals surface area contributed by atoms with E-state index in [-0.39, 0.29) is 30.2 Å². The maximum Gasteiger partial charge on any atom is 0.422 e. The van der Waals surface area contributed by atoms with Crippen LogP contribution in [0.2, 0.25) is 0 Å². The Hall–Kier alpha value is -2.71. The number of likely N-dealkylation sites (tertiary alicyclic amines) is 1. The highest BCUT2D eigenvalue weighted by molar-refractivity contribution is 5.69. The Bertz CT molecular complexity index is 818. The van der Waals surface area contributed by atoms with Crippen molar-refractivity contribution in [3.8, 4) is 17.6 Å². The Morgan fingerprint density at radius 1 is 1.33 bits per heavy atom. The van der Waals surface area contributed by atoms with Crippen LogP contribution >= 0.6 is 0 Å². The molecule has 8 nitrogen and oxygen atoms in total. The highest BCUT2D eigenvalue weighted by Crippen LogP contribution is 2.34. The summed E-state index contributed by atoms with van der Waals surface area (Å²) in [6, 6.07) is 5.37. The topological polar surface area (TPSA) is 112 Å². The van der Waals surface area contributed by atoms with Crippen LogP contribution in [0.15, 0.2) is 18.2 Å². The number of amides is 1. The number of nitrogens with zero attached hydrogens (tertiary/aromatic N) is 2. The van der Waals surface area contributed by atoms with E-state index in [1.54, 1.807) is 26.8 Å². The van der Waals surface area contributed by atoms with Gasteiger partial charge in [-0.05, 0) is 32.9 Å². The number of nitriles is 1. The van der Waals surface area contributed by atoms with Gasteiger partial charge in [0.1, 0.15) is 17.3 Å². The third-order valence-corrected chi connectivity index (χ3v) is 4.11. The third-order valence-electron chi connectivity index (χ3n) is 4.11. The summed E-state index contributed by atoms with van der Waals surface area (Å²) in [6.45, 7) is 2.10. The van der Waals surface area contributed by atoms with Gasteiger partial charge >= 0.3 is 12.3 Å². The molecule has 0 aliphatic carbocycles. The molecule has 1 aliphatic heterocycles. The molecule has 166 valence electrons. The molecule has 2 rings (SSSR count). The van der Waals surface area contributed by atoms with Crippen LogP contribution < -0.4 is 9.47 Å². The number of ether oxygens (including phenoxy) is 3. The second-order valence-corrected chi connectivity index (χ2v) is 7.91. The third kappa shape index (κ3) is 6.14. The molecule has 0 spiro atoms. The predicted octanol–water partition coefficient (Wildman–Crippen LogP) is 2.22. The zero-order valence-corrected chi connectivity index (χ0v) is 16.7. The fraction of sp³-hybridized carbons (Fsp3) is 0.579. The van der Waals surface area contributed by atoms with E-state index >= 15 is 0 Å². The van der Waals surface area contributed by atoms with E-state index in [1.807, 2.05) is 0 Å². The predicted molar refractivity (Wildman–Crippen MR) is 97.0 cm³/mol. The largest absolute Gasteiger partial charge is 0.481 e. The van der Waals surface area contributed by atoms with Crippen LogP contribution in [-0.2, 0) is 4.74 Å². The number of alkyl halides is 3. The molecule has 1 aliphatic rings. The first-order valence-electron chi connectivity index (χ1n) is 8.98. The minimum atomic E-state index is -4.62. The molecular formula is C19H23F3N2O6. The van der Waals surface area contributed by atoms with E-state index in [0.717, 1.165) is 11.0 Å². The van der Waals surface area contributed by atoms with Gasteiger partial charge in [-0.15, -0.1) is 0 Å². The van der Waals surface area contributed by atoms with Crippen LogP contribution in [0.5, 0.6) is 11.5 Å². The molecule has 0 saturated carbocycles. The van der Waals surface area contributed by atoms with Crippen LogP contribution in [0.4, 0.5) is 18.0 Å². The Morgan fingerprint density at radius 3 is 2.53 bits per heavy atom. The van der Waals surface area contributed by atoms with E-state index in [4.69, 9.17) is 19.5 Å². The van der Waals surface area contributed by atoms with Gasteiger partial charge in [0.25, 0.3) is 0 Å². The molecule has 1 aromatic rings. The maximum absolute atomic E-state index is 12.6. The molecule has 1 aromatic carbocycles. The van der Waals surface area contributed by atoms with E-state index in [9.17, 15) is 28.2 Å². The van der Waals surface area contributed by atoms with Crippen LogP contribution in [0.1, 0.15) is 26.3 Å². The average Bonchev–Trinajstić information content (AvgIpc) is 2.96. The van der Waals surface area contributed by atoms with E-state index < -0.39 is 42.8 Å². The molecule has 30 heavy (non-hydrogen) atoms. The lowest BCUT2D eigenvalue weighted by Gasteiger charge is -2.27. The number of aliphatic hydroxyl groups excluding tert-OH is 1. The number of hydrogen-bond acceptors (Lipinski definition) is 7. The van der Waals surface area contributed by atoms with Crippen molar-refractivity contribution in [3.63, 3.8) is 0 Å². The van der Waals surface area contributed by atoms with Crippen LogP contribution in [0.3, 0.4) is 0 Å². The molecule has 1 amide bonds. The minimum Gasteiger partial charge on any atom is -0.481 e. The van der Waals surface area contributed by atoms with Crippen molar-refractivity contribution in [2.24, 2.45) is 0 Å². The molecule has 0 aromatic heterocycles. The number of halogens is 3. The summed E-state index contributed by atoms with van der Waals surface area (Å²) in [5, 5.41) is 29.3. The minimum absolute atomic E-state index is 0.0405. The molecule has 2 atom stereocenters. The number of β-amino-alcohol motifs (C(OH)–C–C–N with tert-alkyl or cyclic N) is 1. The molecule has 1 saturated heterocycles. The molecule has 0 radical (unpaired) electrons. The molecule has 0 bridgehead atoms. The summed E-state index contributed by atoms with van der Waals surface area (Å²) >= 11 is 0. The number of benzene rings is 1. The maximum atomic E-state index is 12.6. The van der Waals surface area contributed by atoms with Gasteiger partial charge in [0.2, 0.25) is 0 Å². The van der Waals surface area contributed by atoms with Crippen molar-refractivity contribution in [2.75, 3.05) is 26.3 Å². The number of carbonyl (C=O) groups excluding carboxylic acids is 1. The van der Waals surface area contributed by atoms with Gasteiger partial charge < -0.3 is 29.3 Å². The summed E-state index contributed by atoms with van der Waals surface area (Å²) < 4.78 is 53.3. The van der Waals surface area contributed by atoms with E-state index in [2.05, 4.69) is 0 Å². The van der Waals surface area contributed by atoms with Crippen molar-refractivity contribution in [2.45, 2.75) is 44.3 Å². The van der Waals surface area contributed by atoms with Gasteiger partial charge in [0, 0.05) is 6.07 Å². The summed E-state index contributed by atoms with van der Waals surface area (Å²) in [7, 11) is 0. The average molecular weight is 432 g/mol. The van der Waals surface area contributed by atoms with E-state index in [1.165, 1.54) is 12.1 Å². The zero-order valence-electron chi connectivity index (χ0n) is 16.7. The smallest absolute Gasteiger partial charge is 0.422 e. The second-order valence-electron chi connectivity index (χ2n) is 7.91. The Labute approximate surface area is 171 Å². The molecule has 1 fully saturated rings. The Kier molecular flexibility index (Phi) is 6.73. The number of carbonyl (C=O) groups is 1. The van der Waals surface area contributed by atoms with Crippen molar-refractivity contribution in [1.29, 1.82) is 5.26 Å². The van der Waals surface area contributed by atoms with Gasteiger partial charge in [-0.2, -0.15) is 18.4 Å². The van der Waals surface area contributed by atoms with Gasteiger partial charge in [0.15, 0.2) is 18.1 Å². The molecule has 1 heterocycles. The first-order chi connectivity index (χ1) is 13.8. The van der Waals surface area contributed by atoms with Crippen LogP contribution in [-0.4, -0.2) is 71.0 Å². The lowest BCUT2D eigenvalue weighted by molar-refractivity contribution is -0.153. The number of aliphatic hydroxyl groups is 2. The number of rotatable bonds is 5. The lowest BCUT2D eigenvalue weighted by atomic mass is 10.0. The SMILES string of the molecule is CC(C)(C)OC(=O)N1CC(Oc2ccc(C#N)cc2OCC(F)(F)F)C(O)(CO)C1. The first-order valence-corrected chi connectivity index (χ1v) is 8.98. The van der Waals surface area contributed by atoms with Gasteiger partial charge in [-0.1, -0.05) is 0 Å². The number of hydrogen-bond donors (Lipinski definition) is 2. The highest BCUT2D eigenvalue weighted by atomic mass is 19.4. The monoisotopic (exact) mass is 432 g/mol. The lowest BCUT2D eigenvalue weighted by Crippen LogP contribution is -2.48. The second kappa shape index (κ2) is 8.57. The molecular weight excluding hydrogens is 409 g/mol. The van der Waals surface area contributed by atoms with E-state index in [0.29, 0.717) is 0 Å². The standard InChI is InChI=1S/C19H23F3N2O6/c1-17(2,3)30-16(26)24-8-15(18(27,9-24)10-25)29-13-5-4-12(7-23)6-14(13)28-11-19(20,21)22/h4-6,15,25,27H,8-11H2,1-3H3. The van der Waals surface area contributed by atoms with Crippen molar-refractivity contribution in [1.82, 2.24) is 4.90 Å². The summed E-state index contributed by atoms with van der Waals surface area (Å²) in [6.07, 6.45) is -6.54. The normalized spacial score (nSPS) is 21.8. The van der Waals surface area contributed by atoms with Gasteiger partial charge in [-0.25, -0.2) is 4.79 Å². The summed E-state index contributed by atoms with van der Waals surface area (Å²) in [5.74, 6) is -0.538. The molecule has 2 N–H and O–H groups in total. The van der Waals surface area contributed by atoms with Crippen molar-refractivity contribution in [3.05, 3.63) is 23.8 Å². The highest BCUT2D eigenvalue weighted by Gasteiger charge is 2.49. The van der Waals surface area contributed by atoms with Crippen LogP contribution in [0.25, 0.3) is 0 Å². The first kappa shape index (κ1) is 23.6. The zero-order chi connectivity index (χ0) is 22.7. The van der Waals surface area contributed by atoms with Gasteiger partial charge in [-0.3, -0.25) is 0 Å². The summed E-state index contributed by atoms with van der Waals surface area (Å²) in [4.78, 5) is 13.4. The Morgan fingerprint density at radius 2 is 2.00 bits per heavy atom. The quantitative estimate of drug-likeness (QED) is 0.734. The fourth-order valence-corrected chi connectivity index (χ4v) is 2.73. The molecule has 11 heteroatoms. The van der Waals surface area contributed by atoms with Crippen molar-refractivity contribution < 1.29 is 42.4 Å². The van der Waals surface area contributed by atoms with Gasteiger partial charge in [0.05, 0.1) is 31.3 Å². The van der Waals surface area contributed by atoms with Crippen molar-refractivity contribution >= 4 is 6.09 Å². The Balaban J connectivity index is 2.24. The fourth-order valence-electron chi connectivity index (χ4n) is 2.73. The molecule has 2 unspecified atom stereocenters. The summed E-state index contributed by atoms with van der Waals surface area (Å²) in [5.41, 5.74) is -2.63.